The summed E-state index contributed by atoms with van der Waals surface area (Å²) in [7, 11) is 0. The quantitative estimate of drug-likeness (QED) is 0.0642. The molecule has 0 aliphatic heterocycles. The molecule has 0 aliphatic carbocycles. The van der Waals surface area contributed by atoms with Crippen LogP contribution in [-0.4, -0.2) is 35.6 Å². The summed E-state index contributed by atoms with van der Waals surface area (Å²) in [4.78, 5) is 34.6. The third-order valence-corrected chi connectivity index (χ3v) is 7.78. The molecule has 0 aromatic rings. The van der Waals surface area contributed by atoms with Gasteiger partial charge in [-0.05, 0) is 38.5 Å². The average Bonchev–Trinajstić information content (AvgIpc) is 2.93. The smallest absolute Gasteiger partial charge is 0.322 e. The van der Waals surface area contributed by atoms with Crippen LogP contribution in [0.5, 0.6) is 0 Å². The van der Waals surface area contributed by atoms with Gasteiger partial charge in [0.2, 0.25) is 5.91 Å². The number of carbonyl (C=O) groups is 3. The Labute approximate surface area is 247 Å². The fourth-order valence-electron chi connectivity index (χ4n) is 5.22. The minimum atomic E-state index is -1.03. The molecule has 0 rings (SSSR count). The first-order chi connectivity index (χ1) is 19.5. The largest absolute Gasteiger partial charge is 0.480 e. The Hall–Kier alpha value is -1.59. The summed E-state index contributed by atoms with van der Waals surface area (Å²) in [5, 5.41) is 11.0. The van der Waals surface area contributed by atoms with Gasteiger partial charge in [-0.25, -0.2) is 0 Å². The average molecular weight is 568 g/mol. The molecule has 0 aromatic heterocycles. The van der Waals surface area contributed by atoms with Gasteiger partial charge in [-0.2, -0.15) is 0 Å². The van der Waals surface area contributed by atoms with Crippen molar-refractivity contribution in [3.8, 4) is 0 Å². The molecule has 0 radical (unpaired) electrons. The number of rotatable bonds is 31. The summed E-state index contributed by atoms with van der Waals surface area (Å²) in [5.41, 5.74) is 0. The molecule has 40 heavy (non-hydrogen) atoms. The number of carboxylic acids is 1. The van der Waals surface area contributed by atoms with Gasteiger partial charge >= 0.3 is 11.9 Å². The van der Waals surface area contributed by atoms with E-state index in [4.69, 9.17) is 9.84 Å². The van der Waals surface area contributed by atoms with Crippen LogP contribution in [0.15, 0.2) is 0 Å². The van der Waals surface area contributed by atoms with Crippen LogP contribution in [0.1, 0.15) is 187 Å². The third kappa shape index (κ3) is 29.4. The number of unbranched alkanes of at least 4 members (excludes halogenated alkanes) is 20. The number of carbonyl (C=O) groups excluding carboxylic acids is 2. The van der Waals surface area contributed by atoms with E-state index >= 15 is 0 Å². The van der Waals surface area contributed by atoms with Crippen molar-refractivity contribution >= 4 is 17.8 Å². The summed E-state index contributed by atoms with van der Waals surface area (Å²) >= 11 is 0. The monoisotopic (exact) mass is 567 g/mol. The molecular weight excluding hydrogens is 502 g/mol. The molecule has 6 heteroatoms. The maximum Gasteiger partial charge on any atom is 0.322 e. The second-order valence-electron chi connectivity index (χ2n) is 11.8. The van der Waals surface area contributed by atoms with Crippen LogP contribution in [0.4, 0.5) is 0 Å². The van der Waals surface area contributed by atoms with E-state index in [2.05, 4.69) is 19.2 Å². The van der Waals surface area contributed by atoms with Gasteiger partial charge in [0.1, 0.15) is 12.6 Å². The van der Waals surface area contributed by atoms with Crippen LogP contribution < -0.4 is 5.32 Å². The fourth-order valence-corrected chi connectivity index (χ4v) is 5.22. The lowest BCUT2D eigenvalue weighted by atomic mass is 10.0. The molecule has 0 heterocycles. The molecule has 0 fully saturated rings. The van der Waals surface area contributed by atoms with Gasteiger partial charge in [-0.15, -0.1) is 0 Å². The Bertz CT molecular complexity index is 595. The summed E-state index contributed by atoms with van der Waals surface area (Å²) in [5.74, 6) is -1.30. The predicted octanol–water partition coefficient (Wildman–Crippen LogP) is 9.67. The van der Waals surface area contributed by atoms with E-state index in [0.29, 0.717) is 12.8 Å². The summed E-state index contributed by atoms with van der Waals surface area (Å²) in [6.07, 6.45) is 31.0. The van der Waals surface area contributed by atoms with Gasteiger partial charge in [-0.3, -0.25) is 14.4 Å². The lowest BCUT2D eigenvalue weighted by molar-refractivity contribution is -0.150. The van der Waals surface area contributed by atoms with Crippen molar-refractivity contribution < 1.29 is 24.2 Å². The van der Waals surface area contributed by atoms with Gasteiger partial charge in [0, 0.05) is 12.8 Å². The minimum absolute atomic E-state index is 0.0220. The highest BCUT2D eigenvalue weighted by Crippen LogP contribution is 2.18. The number of ether oxygens (including phenoxy) is 1. The van der Waals surface area contributed by atoms with Crippen molar-refractivity contribution in [2.24, 2.45) is 0 Å². The molecule has 0 saturated heterocycles. The van der Waals surface area contributed by atoms with Crippen molar-refractivity contribution in [1.29, 1.82) is 0 Å². The molecule has 0 aromatic carbocycles. The van der Waals surface area contributed by atoms with Gasteiger partial charge in [-0.1, -0.05) is 136 Å². The summed E-state index contributed by atoms with van der Waals surface area (Å²) in [6.45, 7) is 4.15. The summed E-state index contributed by atoms with van der Waals surface area (Å²) < 4.78 is 5.86. The van der Waals surface area contributed by atoms with Crippen molar-refractivity contribution in [3.63, 3.8) is 0 Å². The SMILES string of the molecule is CCCCCCCCCCCCCCCCCCC(=O)OC(CCCCCC)CCCCCC(=O)NCC(=O)O. The second kappa shape index (κ2) is 30.4. The van der Waals surface area contributed by atoms with Gasteiger partial charge < -0.3 is 15.2 Å². The van der Waals surface area contributed by atoms with Crippen LogP contribution >= 0.6 is 0 Å². The molecule has 1 unspecified atom stereocenters. The van der Waals surface area contributed by atoms with Crippen LogP contribution in [0, 0.1) is 0 Å². The number of esters is 1. The first kappa shape index (κ1) is 38.4. The number of amides is 1. The highest BCUT2D eigenvalue weighted by molar-refractivity contribution is 5.80. The molecule has 236 valence electrons. The standard InChI is InChI=1S/C34H65NO5/c1-3-5-7-9-10-11-12-13-14-15-16-17-18-19-20-25-29-34(39)40-31(26-22-8-6-4-2)27-23-21-24-28-32(36)35-30-33(37)38/h31H,3-30H2,1-2H3,(H,35,36)(H,37,38). The number of nitrogens with one attached hydrogen (secondary N) is 1. The van der Waals surface area contributed by atoms with Crippen molar-refractivity contribution in [3.05, 3.63) is 0 Å². The Kier molecular flexibility index (Phi) is 29.2. The first-order valence-corrected chi connectivity index (χ1v) is 17.2. The lowest BCUT2D eigenvalue weighted by Gasteiger charge is -2.18. The zero-order valence-corrected chi connectivity index (χ0v) is 26.5. The Morgan fingerprint density at radius 2 is 0.925 bits per heavy atom. The zero-order chi connectivity index (χ0) is 29.5. The minimum Gasteiger partial charge on any atom is -0.480 e. The number of aliphatic carboxylic acids is 1. The fraction of sp³-hybridized carbons (Fsp3) is 0.912. The third-order valence-electron chi connectivity index (χ3n) is 7.78. The van der Waals surface area contributed by atoms with E-state index in [1.54, 1.807) is 0 Å². The van der Waals surface area contributed by atoms with Crippen LogP contribution in [0.2, 0.25) is 0 Å². The normalized spacial score (nSPS) is 11.8. The predicted molar refractivity (Wildman–Crippen MR) is 167 cm³/mol. The van der Waals surface area contributed by atoms with E-state index in [0.717, 1.165) is 51.4 Å². The molecule has 0 saturated carbocycles. The van der Waals surface area contributed by atoms with E-state index in [1.807, 2.05) is 0 Å². The van der Waals surface area contributed by atoms with Gasteiger partial charge in [0.25, 0.3) is 0 Å². The molecule has 0 bridgehead atoms. The van der Waals surface area contributed by atoms with E-state index < -0.39 is 5.97 Å². The molecule has 0 aliphatic rings. The molecular formula is C34H65NO5. The molecule has 0 spiro atoms. The van der Waals surface area contributed by atoms with Crippen LogP contribution in [-0.2, 0) is 19.1 Å². The van der Waals surface area contributed by atoms with Gasteiger partial charge in [0.15, 0.2) is 0 Å². The molecule has 1 atom stereocenters. The Balaban J connectivity index is 3.82. The van der Waals surface area contributed by atoms with Crippen LogP contribution in [0.3, 0.4) is 0 Å². The molecule has 1 amide bonds. The van der Waals surface area contributed by atoms with Crippen molar-refractivity contribution in [2.45, 2.75) is 193 Å². The number of carboxylic acid groups (broad SMARTS) is 1. The molecule has 2 N–H and O–H groups in total. The second-order valence-corrected chi connectivity index (χ2v) is 11.8. The van der Waals surface area contributed by atoms with Crippen LogP contribution in [0.25, 0.3) is 0 Å². The van der Waals surface area contributed by atoms with Crippen molar-refractivity contribution in [2.75, 3.05) is 6.54 Å². The Morgan fingerprint density at radius 3 is 1.38 bits per heavy atom. The van der Waals surface area contributed by atoms with Gasteiger partial charge in [0.05, 0.1) is 0 Å². The zero-order valence-electron chi connectivity index (χ0n) is 26.5. The maximum atomic E-state index is 12.5. The number of hydrogen-bond acceptors (Lipinski definition) is 4. The first-order valence-electron chi connectivity index (χ1n) is 17.2. The topological polar surface area (TPSA) is 92.7 Å². The van der Waals surface area contributed by atoms with Crippen molar-refractivity contribution in [1.82, 2.24) is 5.32 Å². The summed E-state index contributed by atoms with van der Waals surface area (Å²) in [6, 6.07) is 0. The van der Waals surface area contributed by atoms with E-state index in [1.165, 1.54) is 109 Å². The van der Waals surface area contributed by atoms with E-state index in [9.17, 15) is 14.4 Å². The van der Waals surface area contributed by atoms with E-state index in [-0.39, 0.29) is 24.5 Å². The maximum absolute atomic E-state index is 12.5. The highest BCUT2D eigenvalue weighted by atomic mass is 16.5. The Morgan fingerprint density at radius 1 is 0.550 bits per heavy atom. The number of hydrogen-bond donors (Lipinski definition) is 2. The lowest BCUT2D eigenvalue weighted by Crippen LogP contribution is -2.28. The molecule has 6 nitrogen and oxygen atoms in total. The highest BCUT2D eigenvalue weighted by Gasteiger charge is 2.14.